The zero-order valence-corrected chi connectivity index (χ0v) is 9.71. The van der Waals surface area contributed by atoms with E-state index in [0.717, 1.165) is 0 Å². The van der Waals surface area contributed by atoms with Crippen molar-refractivity contribution in [2.75, 3.05) is 6.54 Å². The molecule has 0 bridgehead atoms. The van der Waals surface area contributed by atoms with Gasteiger partial charge in [0.05, 0.1) is 16.5 Å². The zero-order chi connectivity index (χ0) is 12.2. The first kappa shape index (κ1) is 12.4. The molecule has 0 aliphatic heterocycles. The van der Waals surface area contributed by atoms with Crippen LogP contribution in [0.1, 0.15) is 11.1 Å². The minimum Gasteiger partial charge on any atom is -0.207 e. The average Bonchev–Trinajstić information content (AvgIpc) is 2.26. The van der Waals surface area contributed by atoms with Gasteiger partial charge in [0.25, 0.3) is 0 Å². The molecular weight excluding hydrogens is 224 g/mol. The van der Waals surface area contributed by atoms with Crippen molar-refractivity contribution in [3.8, 4) is 6.07 Å². The molecule has 4 nitrogen and oxygen atoms in total. The summed E-state index contributed by atoms with van der Waals surface area (Å²) < 4.78 is 25.8. The molecule has 1 N–H and O–H groups in total. The van der Waals surface area contributed by atoms with Gasteiger partial charge in [-0.3, -0.25) is 0 Å². The van der Waals surface area contributed by atoms with Gasteiger partial charge in [-0.25, -0.2) is 13.1 Å². The number of nitrogens with zero attached hydrogens (tertiary/aromatic N) is 1. The van der Waals surface area contributed by atoms with Crippen LogP contribution >= 0.6 is 0 Å². The molecule has 5 heteroatoms. The fraction of sp³-hybridized carbons (Fsp3) is 0.182. The summed E-state index contributed by atoms with van der Waals surface area (Å²) in [5.74, 6) is 0. The molecule has 0 saturated carbocycles. The van der Waals surface area contributed by atoms with Crippen LogP contribution in [0, 0.1) is 18.3 Å². The van der Waals surface area contributed by atoms with E-state index in [1.165, 1.54) is 24.3 Å². The van der Waals surface area contributed by atoms with Gasteiger partial charge in [-0.05, 0) is 30.7 Å². The number of nitrogens with one attached hydrogen (secondary N) is 1. The van der Waals surface area contributed by atoms with Crippen molar-refractivity contribution in [2.24, 2.45) is 0 Å². The predicted molar refractivity (Wildman–Crippen MR) is 61.3 cm³/mol. The first-order chi connectivity index (χ1) is 7.51. The second kappa shape index (κ2) is 4.92. The lowest BCUT2D eigenvalue weighted by atomic mass is 10.1. The lowest BCUT2D eigenvalue weighted by Crippen LogP contribution is -2.23. The fourth-order valence-corrected chi connectivity index (χ4v) is 2.26. The molecular formula is C11H12N2O2S. The van der Waals surface area contributed by atoms with Gasteiger partial charge in [0.1, 0.15) is 0 Å². The summed E-state index contributed by atoms with van der Waals surface area (Å²) in [7, 11) is -3.50. The second-order valence-corrected chi connectivity index (χ2v) is 5.00. The van der Waals surface area contributed by atoms with Gasteiger partial charge in [0.2, 0.25) is 10.0 Å². The van der Waals surface area contributed by atoms with E-state index in [1.54, 1.807) is 6.92 Å². The summed E-state index contributed by atoms with van der Waals surface area (Å²) in [6.07, 6.45) is 1.47. The fourth-order valence-electron chi connectivity index (χ4n) is 1.18. The molecule has 16 heavy (non-hydrogen) atoms. The van der Waals surface area contributed by atoms with Crippen molar-refractivity contribution in [3.05, 3.63) is 42.0 Å². The summed E-state index contributed by atoms with van der Waals surface area (Å²) in [6.45, 7) is 5.31. The molecule has 0 fully saturated rings. The Morgan fingerprint density at radius 3 is 2.75 bits per heavy atom. The van der Waals surface area contributed by atoms with Crippen molar-refractivity contribution in [3.63, 3.8) is 0 Å². The van der Waals surface area contributed by atoms with Crippen LogP contribution in [0.3, 0.4) is 0 Å². The van der Waals surface area contributed by atoms with Gasteiger partial charge in [-0.1, -0.05) is 6.08 Å². The Balaban J connectivity index is 3.11. The third-order valence-electron chi connectivity index (χ3n) is 2.05. The number of hydrogen-bond donors (Lipinski definition) is 1. The number of rotatable bonds is 4. The lowest BCUT2D eigenvalue weighted by Gasteiger charge is -2.06. The van der Waals surface area contributed by atoms with Gasteiger partial charge >= 0.3 is 0 Å². The molecule has 0 aliphatic carbocycles. The van der Waals surface area contributed by atoms with Crippen molar-refractivity contribution in [1.29, 1.82) is 5.26 Å². The van der Waals surface area contributed by atoms with Crippen LogP contribution in [-0.4, -0.2) is 15.0 Å². The molecule has 0 atom stereocenters. The number of nitriles is 1. The molecule has 0 radical (unpaired) electrons. The Morgan fingerprint density at radius 2 is 2.25 bits per heavy atom. The second-order valence-electron chi connectivity index (χ2n) is 3.23. The molecule has 0 spiro atoms. The van der Waals surface area contributed by atoms with E-state index >= 15 is 0 Å². The monoisotopic (exact) mass is 236 g/mol. The van der Waals surface area contributed by atoms with E-state index in [1.807, 2.05) is 6.07 Å². The van der Waals surface area contributed by atoms with E-state index in [9.17, 15) is 8.42 Å². The zero-order valence-electron chi connectivity index (χ0n) is 8.90. The Kier molecular flexibility index (Phi) is 3.82. The Morgan fingerprint density at radius 1 is 1.56 bits per heavy atom. The Labute approximate surface area is 95.3 Å². The highest BCUT2D eigenvalue weighted by Crippen LogP contribution is 2.14. The highest BCUT2D eigenvalue weighted by atomic mass is 32.2. The molecule has 1 rings (SSSR count). The van der Waals surface area contributed by atoms with E-state index < -0.39 is 10.0 Å². The number of hydrogen-bond acceptors (Lipinski definition) is 3. The topological polar surface area (TPSA) is 70.0 Å². The molecule has 0 aromatic heterocycles. The van der Waals surface area contributed by atoms with Crippen molar-refractivity contribution >= 4 is 10.0 Å². The average molecular weight is 236 g/mol. The maximum Gasteiger partial charge on any atom is 0.240 e. The van der Waals surface area contributed by atoms with E-state index in [-0.39, 0.29) is 11.4 Å². The van der Waals surface area contributed by atoms with Crippen LogP contribution in [0.5, 0.6) is 0 Å². The molecule has 0 unspecified atom stereocenters. The minimum atomic E-state index is -3.50. The summed E-state index contributed by atoms with van der Waals surface area (Å²) in [6, 6.07) is 6.37. The molecule has 0 aliphatic rings. The van der Waals surface area contributed by atoms with Crippen molar-refractivity contribution in [2.45, 2.75) is 11.8 Å². The predicted octanol–water partition coefficient (Wildman–Crippen LogP) is 1.33. The van der Waals surface area contributed by atoms with Crippen LogP contribution in [0.25, 0.3) is 0 Å². The third-order valence-corrected chi connectivity index (χ3v) is 3.47. The maximum absolute atomic E-state index is 11.7. The molecule has 1 aromatic rings. The van der Waals surface area contributed by atoms with Crippen LogP contribution < -0.4 is 4.72 Å². The maximum atomic E-state index is 11.7. The Hall–Kier alpha value is -1.64. The first-order valence-corrected chi connectivity index (χ1v) is 6.11. The smallest absolute Gasteiger partial charge is 0.207 e. The molecule has 84 valence electrons. The van der Waals surface area contributed by atoms with Crippen molar-refractivity contribution in [1.82, 2.24) is 4.72 Å². The standard InChI is InChI=1S/C11H12N2O2S/c1-3-6-13-16(14,15)11-5-4-10(8-12)9(2)7-11/h3-5,7,13H,1,6H2,2H3. The van der Waals surface area contributed by atoms with E-state index in [2.05, 4.69) is 11.3 Å². The summed E-state index contributed by atoms with van der Waals surface area (Å²) >= 11 is 0. The van der Waals surface area contributed by atoms with Crippen LogP contribution in [0.4, 0.5) is 0 Å². The summed E-state index contributed by atoms with van der Waals surface area (Å²) in [4.78, 5) is 0.158. The minimum absolute atomic E-state index is 0.158. The van der Waals surface area contributed by atoms with E-state index in [4.69, 9.17) is 5.26 Å². The lowest BCUT2D eigenvalue weighted by molar-refractivity contribution is 0.585. The SMILES string of the molecule is C=CCNS(=O)(=O)c1ccc(C#N)c(C)c1. The number of aryl methyl sites for hydroxylation is 1. The highest BCUT2D eigenvalue weighted by Gasteiger charge is 2.13. The number of sulfonamides is 1. The van der Waals surface area contributed by atoms with Gasteiger partial charge < -0.3 is 0 Å². The highest BCUT2D eigenvalue weighted by molar-refractivity contribution is 7.89. The largest absolute Gasteiger partial charge is 0.240 e. The van der Waals surface area contributed by atoms with Crippen LogP contribution in [-0.2, 0) is 10.0 Å². The van der Waals surface area contributed by atoms with Gasteiger partial charge in [-0.15, -0.1) is 6.58 Å². The summed E-state index contributed by atoms with van der Waals surface area (Å²) in [5.41, 5.74) is 1.12. The Bertz CT molecular complexity index is 542. The summed E-state index contributed by atoms with van der Waals surface area (Å²) in [5, 5.41) is 8.73. The third kappa shape index (κ3) is 2.69. The van der Waals surface area contributed by atoms with E-state index in [0.29, 0.717) is 11.1 Å². The van der Waals surface area contributed by atoms with Crippen LogP contribution in [0.2, 0.25) is 0 Å². The molecule has 1 aromatic carbocycles. The number of benzene rings is 1. The normalized spacial score (nSPS) is 10.8. The molecule has 0 amide bonds. The van der Waals surface area contributed by atoms with Gasteiger partial charge in [0, 0.05) is 6.54 Å². The first-order valence-electron chi connectivity index (χ1n) is 4.62. The van der Waals surface area contributed by atoms with Crippen molar-refractivity contribution < 1.29 is 8.42 Å². The molecule has 0 saturated heterocycles. The van der Waals surface area contributed by atoms with Gasteiger partial charge in [0.15, 0.2) is 0 Å². The quantitative estimate of drug-likeness (QED) is 0.802. The van der Waals surface area contributed by atoms with Gasteiger partial charge in [-0.2, -0.15) is 5.26 Å². The molecule has 0 heterocycles. The van der Waals surface area contributed by atoms with Crippen LogP contribution in [0.15, 0.2) is 35.7 Å².